The molecular formula is C14H13NO. The van der Waals surface area contributed by atoms with Crippen LogP contribution in [0.1, 0.15) is 18.4 Å². The molecule has 0 aliphatic rings. The summed E-state index contributed by atoms with van der Waals surface area (Å²) in [5.41, 5.74) is 0.993. The van der Waals surface area contributed by atoms with Gasteiger partial charge in [-0.1, -0.05) is 49.4 Å². The Morgan fingerprint density at radius 2 is 1.81 bits per heavy atom. The monoisotopic (exact) mass is 211 g/mol. The van der Waals surface area contributed by atoms with E-state index in [9.17, 15) is 5.11 Å². The second-order valence-corrected chi connectivity index (χ2v) is 3.97. The van der Waals surface area contributed by atoms with Crippen LogP contribution in [0.15, 0.2) is 42.5 Å². The highest BCUT2D eigenvalue weighted by molar-refractivity contribution is 5.83. The van der Waals surface area contributed by atoms with Gasteiger partial charge in [-0.3, -0.25) is 0 Å². The van der Waals surface area contributed by atoms with Crippen LogP contribution in [0.4, 0.5) is 0 Å². The molecule has 0 spiro atoms. The molecule has 2 aromatic rings. The zero-order valence-corrected chi connectivity index (χ0v) is 9.09. The highest BCUT2D eigenvalue weighted by Crippen LogP contribution is 2.23. The van der Waals surface area contributed by atoms with Gasteiger partial charge in [-0.2, -0.15) is 5.26 Å². The van der Waals surface area contributed by atoms with Crippen molar-refractivity contribution in [1.82, 2.24) is 0 Å². The summed E-state index contributed by atoms with van der Waals surface area (Å²) in [4.78, 5) is 0. The lowest BCUT2D eigenvalue weighted by atomic mass is 9.94. The molecule has 0 bridgehead atoms. The fourth-order valence-corrected chi connectivity index (χ4v) is 1.79. The molecule has 0 aromatic heterocycles. The van der Waals surface area contributed by atoms with Crippen LogP contribution in [0.25, 0.3) is 10.8 Å². The Morgan fingerprint density at radius 3 is 2.50 bits per heavy atom. The Labute approximate surface area is 94.8 Å². The molecule has 0 aliphatic carbocycles. The third-order valence-electron chi connectivity index (χ3n) is 2.91. The molecule has 0 amide bonds. The second-order valence-electron chi connectivity index (χ2n) is 3.97. The molecule has 2 rings (SSSR count). The first-order valence-electron chi connectivity index (χ1n) is 5.29. The zero-order valence-electron chi connectivity index (χ0n) is 9.09. The molecule has 2 heteroatoms. The van der Waals surface area contributed by atoms with Gasteiger partial charge in [-0.05, 0) is 16.3 Å². The first-order chi connectivity index (χ1) is 7.72. The summed E-state index contributed by atoms with van der Waals surface area (Å²) in [5, 5.41) is 20.5. The molecule has 0 aliphatic heterocycles. The van der Waals surface area contributed by atoms with E-state index in [4.69, 9.17) is 5.26 Å². The topological polar surface area (TPSA) is 44.0 Å². The van der Waals surface area contributed by atoms with Gasteiger partial charge in [0.25, 0.3) is 0 Å². The molecular weight excluding hydrogens is 198 g/mol. The Hall–Kier alpha value is -1.85. The van der Waals surface area contributed by atoms with Gasteiger partial charge in [0.2, 0.25) is 0 Å². The van der Waals surface area contributed by atoms with Gasteiger partial charge in [0.05, 0.1) is 6.07 Å². The lowest BCUT2D eigenvalue weighted by Crippen LogP contribution is -2.12. The molecule has 80 valence electrons. The van der Waals surface area contributed by atoms with Gasteiger partial charge < -0.3 is 5.11 Å². The maximum Gasteiger partial charge on any atom is 0.147 e. The van der Waals surface area contributed by atoms with Crippen molar-refractivity contribution in [3.05, 3.63) is 48.0 Å². The van der Waals surface area contributed by atoms with E-state index in [0.717, 1.165) is 10.9 Å². The average Bonchev–Trinajstić information content (AvgIpc) is 2.36. The van der Waals surface area contributed by atoms with E-state index in [0.29, 0.717) is 0 Å². The fourth-order valence-electron chi connectivity index (χ4n) is 1.79. The SMILES string of the molecule is C[C@@H](c1ccc2ccccc2c1)[C@@H](O)C#N. The van der Waals surface area contributed by atoms with Crippen molar-refractivity contribution < 1.29 is 5.11 Å². The second kappa shape index (κ2) is 4.34. The molecule has 2 aromatic carbocycles. The first-order valence-corrected chi connectivity index (χ1v) is 5.29. The van der Waals surface area contributed by atoms with Crippen molar-refractivity contribution in [3.63, 3.8) is 0 Å². The highest BCUT2D eigenvalue weighted by Gasteiger charge is 2.15. The molecule has 0 heterocycles. The van der Waals surface area contributed by atoms with Crippen LogP contribution < -0.4 is 0 Å². The summed E-state index contributed by atoms with van der Waals surface area (Å²) in [6.07, 6.45) is -0.943. The van der Waals surface area contributed by atoms with E-state index >= 15 is 0 Å². The zero-order chi connectivity index (χ0) is 11.5. The number of fused-ring (bicyclic) bond motifs is 1. The number of rotatable bonds is 2. The van der Waals surface area contributed by atoms with Gasteiger partial charge in [0, 0.05) is 5.92 Å². The van der Waals surface area contributed by atoms with Crippen molar-refractivity contribution in [3.8, 4) is 6.07 Å². The van der Waals surface area contributed by atoms with Crippen LogP contribution in [-0.2, 0) is 0 Å². The van der Waals surface area contributed by atoms with Crippen LogP contribution in [0.3, 0.4) is 0 Å². The van der Waals surface area contributed by atoms with Gasteiger partial charge >= 0.3 is 0 Å². The number of nitriles is 1. The third-order valence-corrected chi connectivity index (χ3v) is 2.91. The number of aliphatic hydroxyl groups is 1. The molecule has 0 radical (unpaired) electrons. The summed E-state index contributed by atoms with van der Waals surface area (Å²) in [6, 6.07) is 15.9. The summed E-state index contributed by atoms with van der Waals surface area (Å²) >= 11 is 0. The predicted molar refractivity (Wildman–Crippen MR) is 64.0 cm³/mol. The maximum absolute atomic E-state index is 9.49. The summed E-state index contributed by atoms with van der Waals surface area (Å²) < 4.78 is 0. The number of hydrogen-bond donors (Lipinski definition) is 1. The maximum atomic E-state index is 9.49. The Morgan fingerprint density at radius 1 is 1.12 bits per heavy atom. The largest absolute Gasteiger partial charge is 0.378 e. The molecule has 0 saturated heterocycles. The van der Waals surface area contributed by atoms with E-state index in [-0.39, 0.29) is 5.92 Å². The van der Waals surface area contributed by atoms with Crippen LogP contribution >= 0.6 is 0 Å². The van der Waals surface area contributed by atoms with E-state index in [2.05, 4.69) is 0 Å². The van der Waals surface area contributed by atoms with E-state index in [1.807, 2.05) is 55.5 Å². The molecule has 2 nitrogen and oxygen atoms in total. The Bertz CT molecular complexity index is 542. The van der Waals surface area contributed by atoms with E-state index in [1.54, 1.807) is 0 Å². The number of benzene rings is 2. The molecule has 2 atom stereocenters. The quantitative estimate of drug-likeness (QED) is 0.776. The van der Waals surface area contributed by atoms with Crippen molar-refractivity contribution >= 4 is 10.8 Å². The summed E-state index contributed by atoms with van der Waals surface area (Å²) in [7, 11) is 0. The van der Waals surface area contributed by atoms with Crippen molar-refractivity contribution in [2.24, 2.45) is 0 Å². The lowest BCUT2D eigenvalue weighted by molar-refractivity contribution is 0.204. The van der Waals surface area contributed by atoms with Crippen LogP contribution in [0.5, 0.6) is 0 Å². The molecule has 0 saturated carbocycles. The van der Waals surface area contributed by atoms with Gasteiger partial charge in [-0.25, -0.2) is 0 Å². The van der Waals surface area contributed by atoms with Crippen LogP contribution in [0.2, 0.25) is 0 Å². The average molecular weight is 211 g/mol. The molecule has 0 fully saturated rings. The smallest absolute Gasteiger partial charge is 0.147 e. The fraction of sp³-hybridized carbons (Fsp3) is 0.214. The summed E-state index contributed by atoms with van der Waals surface area (Å²) in [5.74, 6) is -0.158. The highest BCUT2D eigenvalue weighted by atomic mass is 16.3. The minimum absolute atomic E-state index is 0.158. The van der Waals surface area contributed by atoms with Gasteiger partial charge in [-0.15, -0.1) is 0 Å². The van der Waals surface area contributed by atoms with Crippen molar-refractivity contribution in [2.45, 2.75) is 18.9 Å². The number of hydrogen-bond acceptors (Lipinski definition) is 2. The Balaban J connectivity index is 2.44. The number of aliphatic hydroxyl groups excluding tert-OH is 1. The minimum atomic E-state index is -0.943. The lowest BCUT2D eigenvalue weighted by Gasteiger charge is -2.13. The summed E-state index contributed by atoms with van der Waals surface area (Å²) in [6.45, 7) is 1.86. The minimum Gasteiger partial charge on any atom is -0.378 e. The van der Waals surface area contributed by atoms with Crippen LogP contribution in [0, 0.1) is 11.3 Å². The van der Waals surface area contributed by atoms with E-state index < -0.39 is 6.10 Å². The Kier molecular flexibility index (Phi) is 2.89. The number of nitrogens with zero attached hydrogens (tertiary/aromatic N) is 1. The standard InChI is InChI=1S/C14H13NO/c1-10(14(16)9-15)12-7-6-11-4-2-3-5-13(11)8-12/h2-8,10,14,16H,1H3/t10-,14-/m0/s1. The van der Waals surface area contributed by atoms with Crippen molar-refractivity contribution in [1.29, 1.82) is 5.26 Å². The molecule has 0 unspecified atom stereocenters. The van der Waals surface area contributed by atoms with E-state index in [1.165, 1.54) is 5.39 Å². The first kappa shape index (κ1) is 10.7. The molecule has 16 heavy (non-hydrogen) atoms. The van der Waals surface area contributed by atoms with Gasteiger partial charge in [0.1, 0.15) is 6.10 Å². The third kappa shape index (κ3) is 1.91. The normalized spacial score (nSPS) is 14.3. The van der Waals surface area contributed by atoms with Crippen LogP contribution in [-0.4, -0.2) is 11.2 Å². The molecule has 1 N–H and O–H groups in total. The van der Waals surface area contributed by atoms with Gasteiger partial charge in [0.15, 0.2) is 0 Å². The van der Waals surface area contributed by atoms with Crippen molar-refractivity contribution in [2.75, 3.05) is 0 Å². The predicted octanol–water partition coefficient (Wildman–Crippen LogP) is 2.83.